The van der Waals surface area contributed by atoms with Crippen molar-refractivity contribution in [2.45, 2.75) is 0 Å². The molecule has 0 saturated carbocycles. The molecule has 0 aromatic heterocycles. The molecular weight excluding hydrogens is 373 g/mol. The van der Waals surface area contributed by atoms with Gasteiger partial charge in [0.2, 0.25) is 0 Å². The zero-order valence-electron chi connectivity index (χ0n) is 10.2. The number of halogens is 5. The van der Waals surface area contributed by atoms with Gasteiger partial charge in [0, 0.05) is 10.5 Å². The number of amides is 1. The van der Waals surface area contributed by atoms with E-state index < -0.39 is 23.4 Å². The number of hydrogen-bond donors (Lipinski definition) is 2. The van der Waals surface area contributed by atoms with Gasteiger partial charge in [0.1, 0.15) is 11.6 Å². The summed E-state index contributed by atoms with van der Waals surface area (Å²) >= 11 is 8.67. The van der Waals surface area contributed by atoms with Gasteiger partial charge in [-0.1, -0.05) is 11.6 Å². The minimum Gasteiger partial charge on any atom is -0.396 e. The van der Waals surface area contributed by atoms with E-state index in [0.29, 0.717) is 6.07 Å². The number of hydrogen-bond acceptors (Lipinski definition) is 2. The number of nitrogens with two attached hydrogens (primary N) is 1. The summed E-state index contributed by atoms with van der Waals surface area (Å²) in [5.41, 5.74) is 4.74. The molecule has 0 bridgehead atoms. The summed E-state index contributed by atoms with van der Waals surface area (Å²) in [5.74, 6) is -3.38. The second-order valence-corrected chi connectivity index (χ2v) is 5.31. The van der Waals surface area contributed by atoms with Crippen LogP contribution in [0.1, 0.15) is 10.4 Å². The first-order valence-electron chi connectivity index (χ1n) is 5.50. The number of nitrogens with one attached hydrogen (secondary N) is 1. The molecule has 0 radical (unpaired) electrons. The van der Waals surface area contributed by atoms with E-state index in [9.17, 15) is 18.0 Å². The van der Waals surface area contributed by atoms with E-state index in [2.05, 4.69) is 21.2 Å². The summed E-state index contributed by atoms with van der Waals surface area (Å²) in [5, 5.41) is 1.89. The van der Waals surface area contributed by atoms with Crippen LogP contribution in [0.4, 0.5) is 24.5 Å². The van der Waals surface area contributed by atoms with E-state index in [-0.39, 0.29) is 26.4 Å². The molecule has 21 heavy (non-hydrogen) atoms. The Hall–Kier alpha value is -1.73. The SMILES string of the molecule is Nc1cc(C(=O)Nc2c(F)cc(F)cc2Cl)c(Br)cc1F. The fourth-order valence-electron chi connectivity index (χ4n) is 1.58. The van der Waals surface area contributed by atoms with Crippen LogP contribution in [0.25, 0.3) is 0 Å². The van der Waals surface area contributed by atoms with Crippen LogP contribution in [0.2, 0.25) is 5.02 Å². The summed E-state index contributed by atoms with van der Waals surface area (Å²) in [4.78, 5) is 12.0. The van der Waals surface area contributed by atoms with Crippen LogP contribution in [-0.4, -0.2) is 5.91 Å². The molecule has 3 nitrogen and oxygen atoms in total. The highest BCUT2D eigenvalue weighted by atomic mass is 79.9. The molecular formula is C13H7BrClF3N2O. The summed E-state index contributed by atoms with van der Waals surface area (Å²) in [6, 6.07) is 3.53. The van der Waals surface area contributed by atoms with E-state index >= 15 is 0 Å². The van der Waals surface area contributed by atoms with Crippen LogP contribution in [-0.2, 0) is 0 Å². The fourth-order valence-corrected chi connectivity index (χ4v) is 2.32. The van der Waals surface area contributed by atoms with E-state index in [1.165, 1.54) is 0 Å². The maximum Gasteiger partial charge on any atom is 0.257 e. The average molecular weight is 380 g/mol. The van der Waals surface area contributed by atoms with Gasteiger partial charge in [-0.15, -0.1) is 0 Å². The lowest BCUT2D eigenvalue weighted by molar-refractivity contribution is 0.102. The smallest absolute Gasteiger partial charge is 0.257 e. The summed E-state index contributed by atoms with van der Waals surface area (Å²) in [6.45, 7) is 0. The zero-order chi connectivity index (χ0) is 15.7. The Kier molecular flexibility index (Phi) is 4.43. The van der Waals surface area contributed by atoms with Gasteiger partial charge in [-0.2, -0.15) is 0 Å². The first kappa shape index (κ1) is 15.7. The lowest BCUT2D eigenvalue weighted by atomic mass is 10.1. The van der Waals surface area contributed by atoms with Crippen molar-refractivity contribution in [2.24, 2.45) is 0 Å². The molecule has 0 aliphatic carbocycles. The van der Waals surface area contributed by atoms with Crippen molar-refractivity contribution in [1.29, 1.82) is 0 Å². The first-order valence-corrected chi connectivity index (χ1v) is 6.67. The molecule has 2 aromatic carbocycles. The Morgan fingerprint density at radius 3 is 2.43 bits per heavy atom. The van der Waals surface area contributed by atoms with Crippen LogP contribution in [0, 0.1) is 17.5 Å². The Morgan fingerprint density at radius 2 is 1.81 bits per heavy atom. The van der Waals surface area contributed by atoms with Crippen molar-refractivity contribution in [3.05, 3.63) is 56.8 Å². The Labute approximate surface area is 131 Å². The van der Waals surface area contributed by atoms with Gasteiger partial charge in [0.25, 0.3) is 5.91 Å². The van der Waals surface area contributed by atoms with Gasteiger partial charge in [-0.25, -0.2) is 13.2 Å². The molecule has 0 heterocycles. The molecule has 3 N–H and O–H groups in total. The molecule has 0 unspecified atom stereocenters. The molecule has 2 aromatic rings. The first-order chi connectivity index (χ1) is 9.79. The molecule has 0 aliphatic heterocycles. The molecule has 8 heteroatoms. The quantitative estimate of drug-likeness (QED) is 0.762. The predicted octanol–water partition coefficient (Wildman–Crippen LogP) is 4.35. The average Bonchev–Trinajstić information content (AvgIpc) is 2.37. The van der Waals surface area contributed by atoms with Crippen LogP contribution >= 0.6 is 27.5 Å². The second kappa shape index (κ2) is 5.95. The van der Waals surface area contributed by atoms with E-state index in [0.717, 1.165) is 18.2 Å². The van der Waals surface area contributed by atoms with Crippen LogP contribution in [0.3, 0.4) is 0 Å². The van der Waals surface area contributed by atoms with Crippen molar-refractivity contribution in [2.75, 3.05) is 11.1 Å². The molecule has 0 saturated heterocycles. The van der Waals surface area contributed by atoms with Crippen molar-refractivity contribution >= 4 is 44.8 Å². The number of benzene rings is 2. The van der Waals surface area contributed by atoms with Crippen LogP contribution < -0.4 is 11.1 Å². The second-order valence-electron chi connectivity index (χ2n) is 4.05. The highest BCUT2D eigenvalue weighted by Crippen LogP contribution is 2.29. The molecule has 0 spiro atoms. The van der Waals surface area contributed by atoms with Gasteiger partial charge in [0.15, 0.2) is 5.82 Å². The van der Waals surface area contributed by atoms with Gasteiger partial charge in [0.05, 0.1) is 22.0 Å². The number of carbonyl (C=O) groups is 1. The zero-order valence-corrected chi connectivity index (χ0v) is 12.5. The number of nitrogen functional groups attached to an aromatic ring is 1. The topological polar surface area (TPSA) is 55.1 Å². The highest BCUT2D eigenvalue weighted by molar-refractivity contribution is 9.10. The number of rotatable bonds is 2. The third-order valence-electron chi connectivity index (χ3n) is 2.58. The standard InChI is InChI=1S/C13H7BrClF3N2O/c14-7-4-9(17)11(19)3-6(7)13(21)20-12-8(15)1-5(16)2-10(12)18/h1-4H,19H2,(H,20,21). The highest BCUT2D eigenvalue weighted by Gasteiger charge is 2.17. The normalized spacial score (nSPS) is 10.5. The Balaban J connectivity index is 2.37. The third kappa shape index (κ3) is 3.30. The van der Waals surface area contributed by atoms with Gasteiger partial charge in [-0.05, 0) is 34.1 Å². The van der Waals surface area contributed by atoms with Gasteiger partial charge < -0.3 is 11.1 Å². The minimum atomic E-state index is -1.03. The van der Waals surface area contributed by atoms with Gasteiger partial charge in [-0.3, -0.25) is 4.79 Å². The number of carbonyl (C=O) groups excluding carboxylic acids is 1. The van der Waals surface area contributed by atoms with E-state index in [1.807, 2.05) is 0 Å². The minimum absolute atomic E-state index is 0.0197. The van der Waals surface area contributed by atoms with Crippen molar-refractivity contribution in [3.63, 3.8) is 0 Å². The molecule has 0 fully saturated rings. The van der Waals surface area contributed by atoms with Crippen LogP contribution in [0.5, 0.6) is 0 Å². The maximum absolute atomic E-state index is 13.6. The van der Waals surface area contributed by atoms with Crippen LogP contribution in [0.15, 0.2) is 28.7 Å². The summed E-state index contributed by atoms with van der Waals surface area (Å²) in [6.07, 6.45) is 0. The monoisotopic (exact) mass is 378 g/mol. The molecule has 1 amide bonds. The molecule has 2 rings (SSSR count). The largest absolute Gasteiger partial charge is 0.396 e. The lowest BCUT2D eigenvalue weighted by Gasteiger charge is -2.10. The lowest BCUT2D eigenvalue weighted by Crippen LogP contribution is -2.15. The Bertz CT molecular complexity index is 717. The maximum atomic E-state index is 13.6. The molecule has 0 atom stereocenters. The summed E-state index contributed by atoms with van der Waals surface area (Å²) < 4.78 is 39.9. The van der Waals surface area contributed by atoms with Crippen molar-refractivity contribution in [1.82, 2.24) is 0 Å². The van der Waals surface area contributed by atoms with Crippen molar-refractivity contribution in [3.8, 4) is 0 Å². The van der Waals surface area contributed by atoms with Crippen molar-refractivity contribution < 1.29 is 18.0 Å². The van der Waals surface area contributed by atoms with E-state index in [1.54, 1.807) is 0 Å². The Morgan fingerprint density at radius 1 is 1.14 bits per heavy atom. The van der Waals surface area contributed by atoms with Gasteiger partial charge >= 0.3 is 0 Å². The fraction of sp³-hybridized carbons (Fsp3) is 0. The van der Waals surface area contributed by atoms with E-state index in [4.69, 9.17) is 17.3 Å². The molecule has 0 aliphatic rings. The predicted molar refractivity (Wildman–Crippen MR) is 77.8 cm³/mol. The number of anilines is 2. The summed E-state index contributed by atoms with van der Waals surface area (Å²) in [7, 11) is 0. The third-order valence-corrected chi connectivity index (χ3v) is 3.53. The molecule has 110 valence electrons.